The number of hydrogen-bond donors (Lipinski definition) is 16. The molecule has 338 valence electrons. The topological polar surface area (TPSA) is 362 Å². The Hall–Kier alpha value is -9.04. The van der Waals surface area contributed by atoms with Gasteiger partial charge >= 0.3 is 0 Å². The normalized spacial score (nSPS) is 11.5. The summed E-state index contributed by atoms with van der Waals surface area (Å²) >= 11 is 1.26. The Morgan fingerprint density at radius 1 is 0.282 bits per heavy atom. The highest BCUT2D eigenvalue weighted by Crippen LogP contribution is 2.56. The van der Waals surface area contributed by atoms with E-state index in [4.69, 9.17) is 47.1 Å². The molecule has 0 aliphatic carbocycles. The van der Waals surface area contributed by atoms with Crippen molar-refractivity contribution in [2.45, 2.75) is 0 Å². The molecule has 0 atom stereocenters. The molecule has 0 unspecified atom stereocenters. The average molecular weight is 959 g/mol. The standard InChI is InChI=1S/C45H23B6N3O16S/c46-20-13(15-29(58)24(50)38(67)25(51)30(15)59)33(62)37(66)19(31(20)60)45-53-43(17-22(48)28(57)16(35(64)36(17)65)14-21(47)39(68)41(70)40(69)34(14)63)52-44(54-45)18-26(55)12(27(56)23(49)32(18)61)10-6-3-5-9-8-4-1-2-7-11(8)71-42(9)10/h1-7,55-70H. The maximum atomic E-state index is 12.2. The summed E-state index contributed by atoms with van der Waals surface area (Å²) in [4.78, 5) is 12.6. The Balaban J connectivity index is 1.38. The van der Waals surface area contributed by atoms with Crippen molar-refractivity contribution >= 4 is 111 Å². The summed E-state index contributed by atoms with van der Waals surface area (Å²) in [6.07, 6.45) is 0. The van der Waals surface area contributed by atoms with Crippen LogP contribution in [0, 0.1) is 0 Å². The van der Waals surface area contributed by atoms with Crippen LogP contribution in [-0.2, 0) is 0 Å². The van der Waals surface area contributed by atoms with E-state index in [1.807, 2.05) is 12.1 Å². The van der Waals surface area contributed by atoms with Gasteiger partial charge in [0.1, 0.15) is 104 Å². The van der Waals surface area contributed by atoms with E-state index >= 15 is 0 Å². The second-order valence-corrected chi connectivity index (χ2v) is 16.7. The highest BCUT2D eigenvalue weighted by atomic mass is 32.1. The average Bonchev–Trinajstić information content (AvgIpc) is 3.74. The molecule has 0 spiro atoms. The first-order chi connectivity index (χ1) is 33.4. The van der Waals surface area contributed by atoms with Crippen LogP contribution in [0.4, 0.5) is 0 Å². The number of thiophene rings is 1. The van der Waals surface area contributed by atoms with Gasteiger partial charge in [-0.25, -0.2) is 15.0 Å². The number of aromatic hydroxyl groups is 16. The number of fused-ring (bicyclic) bond motifs is 3. The fourth-order valence-corrected chi connectivity index (χ4v) is 9.42. The molecule has 0 aliphatic heterocycles. The summed E-state index contributed by atoms with van der Waals surface area (Å²) in [6.45, 7) is 0. The van der Waals surface area contributed by atoms with Gasteiger partial charge in [-0.3, -0.25) is 0 Å². The van der Waals surface area contributed by atoms with Crippen LogP contribution in [0.1, 0.15) is 0 Å². The second kappa shape index (κ2) is 16.3. The predicted octanol–water partition coefficient (Wildman–Crippen LogP) is 0.294. The molecule has 16 N–H and O–H groups in total. The quantitative estimate of drug-likeness (QED) is 0.0605. The van der Waals surface area contributed by atoms with E-state index < -0.39 is 187 Å². The van der Waals surface area contributed by atoms with Gasteiger partial charge in [-0.1, -0.05) is 36.4 Å². The number of aromatic nitrogens is 3. The third-order valence-corrected chi connectivity index (χ3v) is 13.0. The summed E-state index contributed by atoms with van der Waals surface area (Å²) in [5.74, 6) is -22.8. The van der Waals surface area contributed by atoms with E-state index in [9.17, 15) is 81.7 Å². The first-order valence-electron chi connectivity index (χ1n) is 19.9. The van der Waals surface area contributed by atoms with Crippen LogP contribution in [0.15, 0.2) is 42.5 Å². The number of nitrogens with zero attached hydrogens (tertiary/aromatic N) is 3. The minimum atomic E-state index is -1.44. The van der Waals surface area contributed by atoms with Gasteiger partial charge in [-0.05, 0) is 38.8 Å². The lowest BCUT2D eigenvalue weighted by Crippen LogP contribution is -2.19. The van der Waals surface area contributed by atoms with Crippen molar-refractivity contribution in [3.8, 4) is 160 Å². The molecule has 0 saturated heterocycles. The van der Waals surface area contributed by atoms with Crippen molar-refractivity contribution in [2.24, 2.45) is 0 Å². The third kappa shape index (κ3) is 6.54. The van der Waals surface area contributed by atoms with Crippen LogP contribution in [0.3, 0.4) is 0 Å². The number of phenols is 16. The lowest BCUT2D eigenvalue weighted by Gasteiger charge is -2.22. The number of rotatable bonds is 6. The summed E-state index contributed by atoms with van der Waals surface area (Å²) in [7, 11) is 36.2. The molecule has 19 nitrogen and oxygen atoms in total. The van der Waals surface area contributed by atoms with Crippen molar-refractivity contribution < 1.29 is 81.7 Å². The highest BCUT2D eigenvalue weighted by Gasteiger charge is 2.35. The minimum Gasteiger partial charge on any atom is -0.509 e. The lowest BCUT2D eigenvalue weighted by molar-refractivity contribution is 0.348. The van der Waals surface area contributed by atoms with Crippen LogP contribution in [0.5, 0.6) is 92.0 Å². The van der Waals surface area contributed by atoms with Crippen LogP contribution in [-0.4, -0.2) is 144 Å². The van der Waals surface area contributed by atoms with Gasteiger partial charge in [0.15, 0.2) is 52.0 Å². The van der Waals surface area contributed by atoms with Crippen molar-refractivity contribution in [2.75, 3.05) is 0 Å². The Morgan fingerprint density at radius 2 is 0.648 bits per heavy atom. The van der Waals surface area contributed by atoms with Gasteiger partial charge in [-0.15, -0.1) is 11.3 Å². The van der Waals surface area contributed by atoms with Crippen LogP contribution >= 0.6 is 11.3 Å². The molecular formula is C45H23B6N3O16S. The van der Waals surface area contributed by atoms with E-state index in [1.54, 1.807) is 24.3 Å². The van der Waals surface area contributed by atoms with Crippen LogP contribution < -0.4 is 32.8 Å². The van der Waals surface area contributed by atoms with Gasteiger partial charge in [0.2, 0.25) is 11.5 Å². The lowest BCUT2D eigenvalue weighted by atomic mass is 9.76. The molecule has 9 aromatic rings. The molecule has 0 fully saturated rings. The molecule has 0 bridgehead atoms. The fraction of sp³-hybridized carbons (Fsp3) is 0. The number of hydrogen-bond acceptors (Lipinski definition) is 20. The molecule has 26 heteroatoms. The van der Waals surface area contributed by atoms with Gasteiger partial charge in [-0.2, -0.15) is 0 Å². The molecule has 7 aromatic carbocycles. The van der Waals surface area contributed by atoms with Crippen LogP contribution in [0.2, 0.25) is 0 Å². The summed E-state index contributed by atoms with van der Waals surface area (Å²) < 4.78 is 1.31. The van der Waals surface area contributed by atoms with E-state index in [2.05, 4.69) is 15.0 Å². The zero-order valence-electron chi connectivity index (χ0n) is 35.4. The SMILES string of the molecule is [B]c1c(O)c([B])c(O)c(-c2c([B])c(O)c(-c3nc(-c4c([B])c(O)c(-c5c([B])c(O)c(O)c(O)c5O)c(O)c4O)nc(-c4c(O)c([B])c(O)c(-c5cccc6c5sc5ccccc56)c4O)n3)c(O)c2O)c1O. The van der Waals surface area contributed by atoms with Crippen LogP contribution in [0.25, 0.3) is 87.7 Å². The van der Waals surface area contributed by atoms with Gasteiger partial charge in [0, 0.05) is 36.9 Å². The fourth-order valence-electron chi connectivity index (χ4n) is 8.20. The molecule has 2 heterocycles. The van der Waals surface area contributed by atoms with Gasteiger partial charge in [0.05, 0.1) is 22.3 Å². The van der Waals surface area contributed by atoms with E-state index in [-0.39, 0.29) is 5.56 Å². The number of benzene rings is 7. The summed E-state index contributed by atoms with van der Waals surface area (Å²) in [6, 6.07) is 12.1. The maximum absolute atomic E-state index is 12.2. The highest BCUT2D eigenvalue weighted by molar-refractivity contribution is 7.26. The Kier molecular flexibility index (Phi) is 10.8. The summed E-state index contributed by atoms with van der Waals surface area (Å²) in [5.41, 5.74) is -12.5. The van der Waals surface area contributed by atoms with E-state index in [1.165, 1.54) is 17.4 Å². The molecule has 0 aliphatic rings. The maximum Gasteiger partial charge on any atom is 0.204 e. The predicted molar refractivity (Wildman–Crippen MR) is 264 cm³/mol. The Labute approximate surface area is 408 Å². The van der Waals surface area contributed by atoms with Gasteiger partial charge in [0.25, 0.3) is 0 Å². The molecule has 2 aromatic heterocycles. The molecule has 71 heavy (non-hydrogen) atoms. The zero-order chi connectivity index (χ0) is 51.7. The van der Waals surface area contributed by atoms with Crippen molar-refractivity contribution in [1.82, 2.24) is 15.0 Å². The smallest absolute Gasteiger partial charge is 0.204 e. The number of phenolic OH excluding ortho intramolecular Hbond substituents is 16. The first-order valence-corrected chi connectivity index (χ1v) is 20.7. The Bertz CT molecular complexity index is 3620. The molecule has 9 rings (SSSR count). The van der Waals surface area contributed by atoms with E-state index in [0.717, 1.165) is 10.1 Å². The molecule has 12 radical (unpaired) electrons. The summed E-state index contributed by atoms with van der Waals surface area (Å²) in [5, 5.41) is 180. The minimum absolute atomic E-state index is 0.160. The molecule has 0 saturated carbocycles. The van der Waals surface area contributed by atoms with Crippen molar-refractivity contribution in [1.29, 1.82) is 0 Å². The molecular weight excluding hydrogens is 935 g/mol. The Morgan fingerprint density at radius 3 is 1.25 bits per heavy atom. The third-order valence-electron chi connectivity index (χ3n) is 11.8. The van der Waals surface area contributed by atoms with Crippen molar-refractivity contribution in [3.63, 3.8) is 0 Å². The van der Waals surface area contributed by atoms with Gasteiger partial charge < -0.3 is 81.7 Å². The monoisotopic (exact) mass is 959 g/mol. The largest absolute Gasteiger partial charge is 0.509 e. The van der Waals surface area contributed by atoms with E-state index in [0.29, 0.717) is 10.1 Å². The first kappa shape index (κ1) is 47.0. The second-order valence-electron chi connectivity index (χ2n) is 15.6. The molecule has 0 amide bonds. The van der Waals surface area contributed by atoms with Crippen molar-refractivity contribution in [3.05, 3.63) is 42.5 Å². The zero-order valence-corrected chi connectivity index (χ0v) is 36.2.